The molecule has 0 radical (unpaired) electrons. The van der Waals surface area contributed by atoms with Gasteiger partial charge in [-0.3, -0.25) is 4.79 Å². The van der Waals surface area contributed by atoms with Crippen molar-refractivity contribution in [1.29, 1.82) is 0 Å². The summed E-state index contributed by atoms with van der Waals surface area (Å²) in [6, 6.07) is 0. The van der Waals surface area contributed by atoms with Crippen molar-refractivity contribution < 1.29 is 4.79 Å². The van der Waals surface area contributed by atoms with Crippen LogP contribution in [0, 0.1) is 45.3 Å². The van der Waals surface area contributed by atoms with Crippen LogP contribution < -0.4 is 0 Å². The molecule has 1 heteroatoms. The molecular formula is C25H38O. The molecule has 4 aliphatic carbocycles. The monoisotopic (exact) mass is 354 g/mol. The molecule has 0 aromatic carbocycles. The third-order valence-corrected chi connectivity index (χ3v) is 8.98. The van der Waals surface area contributed by atoms with Crippen LogP contribution in [0.15, 0.2) is 24.3 Å². The van der Waals surface area contributed by atoms with Crippen molar-refractivity contribution >= 4 is 5.78 Å². The Bertz CT molecular complexity index is 602. The summed E-state index contributed by atoms with van der Waals surface area (Å²) in [4.78, 5) is 14.9. The standard InChI is InChI=1S/C25H38O/c1-17-9-7-15-22(3,4)24(17,19-11-12-19)21(26)25(20-13-14-20)18(2)10-8-16-23(25,5)6/h7-10,17-20H,11-16H2,1-6H3. The van der Waals surface area contributed by atoms with Crippen LogP contribution in [0.2, 0.25) is 0 Å². The molecule has 0 aromatic rings. The topological polar surface area (TPSA) is 17.1 Å². The Morgan fingerprint density at radius 3 is 1.35 bits per heavy atom. The maximum absolute atomic E-state index is 14.9. The highest BCUT2D eigenvalue weighted by atomic mass is 16.1. The van der Waals surface area contributed by atoms with E-state index in [1.54, 1.807) is 0 Å². The van der Waals surface area contributed by atoms with Gasteiger partial charge in [-0.25, -0.2) is 0 Å². The van der Waals surface area contributed by atoms with Crippen LogP contribution in [0.1, 0.15) is 80.1 Å². The van der Waals surface area contributed by atoms with E-state index in [0.29, 0.717) is 29.5 Å². The predicted molar refractivity (Wildman–Crippen MR) is 109 cm³/mol. The van der Waals surface area contributed by atoms with Gasteiger partial charge in [-0.1, -0.05) is 65.8 Å². The average molecular weight is 355 g/mol. The van der Waals surface area contributed by atoms with E-state index >= 15 is 0 Å². The molecule has 0 bridgehead atoms. The van der Waals surface area contributed by atoms with Gasteiger partial charge < -0.3 is 0 Å². The van der Waals surface area contributed by atoms with Gasteiger partial charge in [-0.05, 0) is 73.0 Å². The Balaban J connectivity index is 1.93. The highest BCUT2D eigenvalue weighted by molar-refractivity contribution is 5.94. The van der Waals surface area contributed by atoms with Crippen LogP contribution in [0.3, 0.4) is 0 Å². The summed E-state index contributed by atoms with van der Waals surface area (Å²) >= 11 is 0. The molecule has 4 atom stereocenters. The number of allylic oxidation sites excluding steroid dienone is 4. The van der Waals surface area contributed by atoms with Crippen LogP contribution in [0.5, 0.6) is 0 Å². The van der Waals surface area contributed by atoms with E-state index in [2.05, 4.69) is 65.8 Å². The zero-order chi connectivity index (χ0) is 19.0. The molecule has 4 rings (SSSR count). The van der Waals surface area contributed by atoms with E-state index < -0.39 is 0 Å². The normalized spacial score (nSPS) is 44.1. The van der Waals surface area contributed by atoms with Gasteiger partial charge in [0.15, 0.2) is 0 Å². The summed E-state index contributed by atoms with van der Waals surface area (Å²) in [5.41, 5.74) is -0.251. The lowest BCUT2D eigenvalue weighted by Gasteiger charge is -2.60. The second kappa shape index (κ2) is 5.58. The van der Waals surface area contributed by atoms with Gasteiger partial charge in [-0.2, -0.15) is 0 Å². The Morgan fingerprint density at radius 1 is 0.731 bits per heavy atom. The number of ketones is 1. The summed E-state index contributed by atoms with van der Waals surface area (Å²) in [5, 5.41) is 0. The van der Waals surface area contributed by atoms with E-state index in [1.807, 2.05) is 0 Å². The van der Waals surface area contributed by atoms with Crippen molar-refractivity contribution in [2.75, 3.05) is 0 Å². The molecule has 0 saturated heterocycles. The second-order valence-electron chi connectivity index (χ2n) is 11.2. The number of hydrogen-bond acceptors (Lipinski definition) is 1. The van der Waals surface area contributed by atoms with E-state index in [4.69, 9.17) is 0 Å². The van der Waals surface area contributed by atoms with Gasteiger partial charge in [0.2, 0.25) is 0 Å². The minimum atomic E-state index is -0.180. The van der Waals surface area contributed by atoms with Crippen molar-refractivity contribution in [2.45, 2.75) is 80.1 Å². The Labute approximate surface area is 160 Å². The second-order valence-corrected chi connectivity index (χ2v) is 11.2. The SMILES string of the molecule is CC1C=CCC(C)(C)C1(C(=O)C1(C2CC2)C(C)C=CCC1(C)C)C1CC1. The third kappa shape index (κ3) is 2.12. The molecular weight excluding hydrogens is 316 g/mol. The lowest BCUT2D eigenvalue weighted by molar-refractivity contribution is -0.169. The third-order valence-electron chi connectivity index (χ3n) is 8.98. The van der Waals surface area contributed by atoms with E-state index in [9.17, 15) is 4.79 Å². The molecule has 2 saturated carbocycles. The van der Waals surface area contributed by atoms with Crippen LogP contribution in [-0.4, -0.2) is 5.78 Å². The van der Waals surface area contributed by atoms with Gasteiger partial charge in [0.1, 0.15) is 5.78 Å². The molecule has 0 spiro atoms. The summed E-state index contributed by atoms with van der Waals surface area (Å²) in [5.74, 6) is 2.55. The molecule has 1 nitrogen and oxygen atoms in total. The number of carbonyl (C=O) groups excluding carboxylic acids is 1. The van der Waals surface area contributed by atoms with Crippen molar-refractivity contribution in [1.82, 2.24) is 0 Å². The number of carbonyl (C=O) groups is 1. The van der Waals surface area contributed by atoms with Gasteiger partial charge in [0, 0.05) is 10.8 Å². The molecule has 0 amide bonds. The molecule has 2 fully saturated rings. The van der Waals surface area contributed by atoms with Crippen LogP contribution >= 0.6 is 0 Å². The Hall–Kier alpha value is -0.850. The van der Waals surface area contributed by atoms with Gasteiger partial charge >= 0.3 is 0 Å². The van der Waals surface area contributed by atoms with Gasteiger partial charge in [0.05, 0.1) is 0 Å². The highest BCUT2D eigenvalue weighted by Gasteiger charge is 2.71. The first-order valence-corrected chi connectivity index (χ1v) is 11.0. The lowest BCUT2D eigenvalue weighted by Crippen LogP contribution is -2.63. The average Bonchev–Trinajstić information content (AvgIpc) is 3.40. The lowest BCUT2D eigenvalue weighted by atomic mass is 9.41. The van der Waals surface area contributed by atoms with Crippen LogP contribution in [-0.2, 0) is 4.79 Å². The number of Topliss-reactive ketones (excluding diaryl/α,β-unsaturated/α-hetero) is 1. The minimum absolute atomic E-state index is 0.0538. The van der Waals surface area contributed by atoms with Crippen molar-refractivity contribution in [3.63, 3.8) is 0 Å². The first-order valence-electron chi connectivity index (χ1n) is 11.0. The van der Waals surface area contributed by atoms with Crippen LogP contribution in [0.4, 0.5) is 0 Å². The first-order chi connectivity index (χ1) is 12.1. The maximum Gasteiger partial charge on any atom is 0.147 e. The summed E-state index contributed by atoms with van der Waals surface area (Å²) in [6.07, 6.45) is 16.5. The maximum atomic E-state index is 14.9. The highest BCUT2D eigenvalue weighted by Crippen LogP contribution is 2.71. The smallest absolute Gasteiger partial charge is 0.147 e. The fourth-order valence-electron chi connectivity index (χ4n) is 7.67. The zero-order valence-corrected chi connectivity index (χ0v) is 17.8. The predicted octanol–water partition coefficient (Wildman–Crippen LogP) is 6.59. The zero-order valence-electron chi connectivity index (χ0n) is 17.8. The van der Waals surface area contributed by atoms with Crippen molar-refractivity contribution in [3.8, 4) is 0 Å². The minimum Gasteiger partial charge on any atom is -0.298 e. The van der Waals surface area contributed by atoms with Gasteiger partial charge in [0.25, 0.3) is 0 Å². The molecule has 26 heavy (non-hydrogen) atoms. The van der Waals surface area contributed by atoms with Gasteiger partial charge in [-0.15, -0.1) is 0 Å². The summed E-state index contributed by atoms with van der Waals surface area (Å²) in [7, 11) is 0. The van der Waals surface area contributed by atoms with Crippen LogP contribution in [0.25, 0.3) is 0 Å². The fourth-order valence-corrected chi connectivity index (χ4v) is 7.67. The molecule has 0 N–H and O–H groups in total. The molecule has 0 aromatic heterocycles. The quantitative estimate of drug-likeness (QED) is 0.520. The van der Waals surface area contributed by atoms with Crippen molar-refractivity contribution in [2.24, 2.45) is 45.3 Å². The summed E-state index contributed by atoms with van der Waals surface area (Å²) in [6.45, 7) is 14.2. The van der Waals surface area contributed by atoms with E-state index in [-0.39, 0.29) is 21.7 Å². The van der Waals surface area contributed by atoms with E-state index in [0.717, 1.165) is 12.8 Å². The Kier molecular flexibility index (Phi) is 3.97. The fraction of sp³-hybridized carbons (Fsp3) is 0.800. The molecule has 144 valence electrons. The van der Waals surface area contributed by atoms with Crippen molar-refractivity contribution in [3.05, 3.63) is 24.3 Å². The van der Waals surface area contributed by atoms with E-state index in [1.165, 1.54) is 25.7 Å². The molecule has 0 aliphatic heterocycles. The molecule has 4 aliphatic rings. The summed E-state index contributed by atoms with van der Waals surface area (Å²) < 4.78 is 0. The Morgan fingerprint density at radius 2 is 1.08 bits per heavy atom. The first kappa shape index (κ1) is 18.5. The molecule has 4 unspecified atom stereocenters. The number of rotatable bonds is 4. The number of hydrogen-bond donors (Lipinski definition) is 0. The molecule has 0 heterocycles. The largest absolute Gasteiger partial charge is 0.298 e.